The highest BCUT2D eigenvalue weighted by atomic mass is 32.1. The maximum Gasteiger partial charge on any atom is 0.416 e. The standard InChI is InChI=1S/C14H14F3NS/c1-8-5-6-19-13(8)12(18)11-4-3-10(7-9(11)2)14(15,16)17/h3-7,12H,18H2,1-2H3. The third-order valence-electron chi connectivity index (χ3n) is 3.12. The van der Waals surface area contributed by atoms with Gasteiger partial charge in [0, 0.05) is 4.88 Å². The van der Waals surface area contributed by atoms with E-state index >= 15 is 0 Å². The molecule has 1 unspecified atom stereocenters. The number of thiophene rings is 1. The van der Waals surface area contributed by atoms with Crippen molar-refractivity contribution >= 4 is 11.3 Å². The van der Waals surface area contributed by atoms with Crippen LogP contribution in [0, 0.1) is 13.8 Å². The molecule has 5 heteroatoms. The van der Waals surface area contributed by atoms with Gasteiger partial charge >= 0.3 is 6.18 Å². The monoisotopic (exact) mass is 285 g/mol. The average molecular weight is 285 g/mol. The molecule has 0 saturated heterocycles. The fourth-order valence-corrected chi connectivity index (χ4v) is 2.99. The summed E-state index contributed by atoms with van der Waals surface area (Å²) < 4.78 is 37.8. The molecule has 0 spiro atoms. The largest absolute Gasteiger partial charge is 0.416 e. The van der Waals surface area contributed by atoms with Crippen LogP contribution in [0.5, 0.6) is 0 Å². The van der Waals surface area contributed by atoms with Gasteiger partial charge in [0.05, 0.1) is 11.6 Å². The van der Waals surface area contributed by atoms with Gasteiger partial charge in [-0.15, -0.1) is 11.3 Å². The van der Waals surface area contributed by atoms with Crippen LogP contribution in [0.2, 0.25) is 0 Å². The molecule has 2 N–H and O–H groups in total. The SMILES string of the molecule is Cc1cc(C(F)(F)F)ccc1C(N)c1sccc1C. The van der Waals surface area contributed by atoms with E-state index in [9.17, 15) is 13.2 Å². The van der Waals surface area contributed by atoms with Crippen LogP contribution in [0.15, 0.2) is 29.6 Å². The second-order valence-electron chi connectivity index (χ2n) is 4.51. The molecule has 0 aliphatic carbocycles. The normalized spacial score (nSPS) is 13.6. The molecule has 0 radical (unpaired) electrons. The van der Waals surface area contributed by atoms with Gasteiger partial charge < -0.3 is 5.73 Å². The number of hydrogen-bond acceptors (Lipinski definition) is 2. The van der Waals surface area contributed by atoms with Crippen LogP contribution in [0.1, 0.15) is 33.2 Å². The summed E-state index contributed by atoms with van der Waals surface area (Å²) in [5.74, 6) is 0. The zero-order valence-electron chi connectivity index (χ0n) is 10.6. The van der Waals surface area contributed by atoms with E-state index in [4.69, 9.17) is 5.73 Å². The van der Waals surface area contributed by atoms with E-state index < -0.39 is 11.7 Å². The van der Waals surface area contributed by atoms with Crippen molar-refractivity contribution in [3.8, 4) is 0 Å². The van der Waals surface area contributed by atoms with Crippen molar-refractivity contribution in [3.63, 3.8) is 0 Å². The lowest BCUT2D eigenvalue weighted by molar-refractivity contribution is -0.137. The first-order valence-corrected chi connectivity index (χ1v) is 6.66. The smallest absolute Gasteiger partial charge is 0.320 e. The van der Waals surface area contributed by atoms with E-state index in [1.807, 2.05) is 18.4 Å². The number of aryl methyl sites for hydroxylation is 2. The molecule has 0 amide bonds. The van der Waals surface area contributed by atoms with E-state index in [2.05, 4.69) is 0 Å². The topological polar surface area (TPSA) is 26.0 Å². The van der Waals surface area contributed by atoms with Crippen LogP contribution >= 0.6 is 11.3 Å². The number of halogens is 3. The Hall–Kier alpha value is -1.33. The van der Waals surface area contributed by atoms with Crippen molar-refractivity contribution in [2.75, 3.05) is 0 Å². The summed E-state index contributed by atoms with van der Waals surface area (Å²) in [5.41, 5.74) is 7.88. The Balaban J connectivity index is 2.39. The lowest BCUT2D eigenvalue weighted by atomic mass is 9.97. The molecule has 1 atom stereocenters. The zero-order chi connectivity index (χ0) is 14.2. The number of alkyl halides is 3. The number of nitrogens with two attached hydrogens (primary N) is 1. The van der Waals surface area contributed by atoms with E-state index in [1.165, 1.54) is 17.4 Å². The van der Waals surface area contributed by atoms with Gasteiger partial charge in [0.2, 0.25) is 0 Å². The Morgan fingerprint density at radius 2 is 1.79 bits per heavy atom. The van der Waals surface area contributed by atoms with Crippen LogP contribution in [0.3, 0.4) is 0 Å². The van der Waals surface area contributed by atoms with Gasteiger partial charge in [-0.2, -0.15) is 13.2 Å². The second kappa shape index (κ2) is 4.98. The second-order valence-corrected chi connectivity index (χ2v) is 5.46. The first kappa shape index (κ1) is 14.1. The Bertz CT molecular complexity index is 587. The third-order valence-corrected chi connectivity index (χ3v) is 4.22. The van der Waals surface area contributed by atoms with E-state index in [-0.39, 0.29) is 6.04 Å². The highest BCUT2D eigenvalue weighted by Crippen LogP contribution is 2.34. The van der Waals surface area contributed by atoms with E-state index in [1.54, 1.807) is 6.92 Å². The average Bonchev–Trinajstić information content (AvgIpc) is 2.73. The van der Waals surface area contributed by atoms with Crippen molar-refractivity contribution in [2.45, 2.75) is 26.1 Å². The summed E-state index contributed by atoms with van der Waals surface area (Å²) >= 11 is 1.52. The molecule has 19 heavy (non-hydrogen) atoms. The summed E-state index contributed by atoms with van der Waals surface area (Å²) in [5, 5.41) is 1.93. The minimum atomic E-state index is -4.31. The lowest BCUT2D eigenvalue weighted by Crippen LogP contribution is -2.14. The predicted octanol–water partition coefficient (Wildman–Crippen LogP) is 4.43. The molecule has 102 valence electrons. The summed E-state index contributed by atoms with van der Waals surface area (Å²) in [4.78, 5) is 0.989. The molecule has 1 aromatic carbocycles. The molecule has 1 heterocycles. The summed E-state index contributed by atoms with van der Waals surface area (Å²) in [6.45, 7) is 3.61. The lowest BCUT2D eigenvalue weighted by Gasteiger charge is -2.16. The summed E-state index contributed by atoms with van der Waals surface area (Å²) in [7, 11) is 0. The van der Waals surface area contributed by atoms with E-state index in [0.29, 0.717) is 5.56 Å². The van der Waals surface area contributed by atoms with Crippen LogP contribution in [0.4, 0.5) is 13.2 Å². The molecule has 0 saturated carbocycles. The maximum absolute atomic E-state index is 12.6. The molecule has 0 aliphatic rings. The van der Waals surface area contributed by atoms with Gasteiger partial charge in [0.25, 0.3) is 0 Å². The van der Waals surface area contributed by atoms with E-state index in [0.717, 1.165) is 28.1 Å². The molecule has 0 bridgehead atoms. The summed E-state index contributed by atoms with van der Waals surface area (Å²) in [6.07, 6.45) is -4.31. The Morgan fingerprint density at radius 3 is 2.26 bits per heavy atom. The molecule has 1 nitrogen and oxygen atoms in total. The Kier molecular flexibility index (Phi) is 3.69. The van der Waals surface area contributed by atoms with Crippen molar-refractivity contribution in [3.05, 3.63) is 56.8 Å². The van der Waals surface area contributed by atoms with Crippen LogP contribution < -0.4 is 5.73 Å². The number of rotatable bonds is 2. The molecular weight excluding hydrogens is 271 g/mol. The van der Waals surface area contributed by atoms with Gasteiger partial charge in [0.1, 0.15) is 0 Å². The molecule has 2 aromatic rings. The van der Waals surface area contributed by atoms with Crippen LogP contribution in [-0.2, 0) is 6.18 Å². The highest BCUT2D eigenvalue weighted by Gasteiger charge is 2.31. The zero-order valence-corrected chi connectivity index (χ0v) is 11.4. The van der Waals surface area contributed by atoms with Crippen LogP contribution in [0.25, 0.3) is 0 Å². The summed E-state index contributed by atoms with van der Waals surface area (Å²) in [6, 6.07) is 5.30. The number of benzene rings is 1. The first-order chi connectivity index (χ1) is 8.80. The third kappa shape index (κ3) is 2.82. The molecule has 0 fully saturated rings. The molecular formula is C14H14F3NS. The minimum Gasteiger partial charge on any atom is -0.320 e. The van der Waals surface area contributed by atoms with Gasteiger partial charge in [0.15, 0.2) is 0 Å². The maximum atomic E-state index is 12.6. The number of hydrogen-bond donors (Lipinski definition) is 1. The van der Waals surface area contributed by atoms with Gasteiger partial charge in [-0.25, -0.2) is 0 Å². The predicted molar refractivity (Wildman–Crippen MR) is 71.3 cm³/mol. The Labute approximate surface area is 113 Å². The highest BCUT2D eigenvalue weighted by molar-refractivity contribution is 7.10. The van der Waals surface area contributed by atoms with Crippen LogP contribution in [-0.4, -0.2) is 0 Å². The minimum absolute atomic E-state index is 0.373. The first-order valence-electron chi connectivity index (χ1n) is 5.78. The van der Waals surface area contributed by atoms with Gasteiger partial charge in [-0.1, -0.05) is 6.07 Å². The van der Waals surface area contributed by atoms with Crippen molar-refractivity contribution < 1.29 is 13.2 Å². The Morgan fingerprint density at radius 1 is 1.11 bits per heavy atom. The fraction of sp³-hybridized carbons (Fsp3) is 0.286. The molecule has 0 aliphatic heterocycles. The van der Waals surface area contributed by atoms with Gasteiger partial charge in [-0.05, 0) is 54.1 Å². The molecule has 2 rings (SSSR count). The van der Waals surface area contributed by atoms with Crippen molar-refractivity contribution in [1.82, 2.24) is 0 Å². The van der Waals surface area contributed by atoms with Gasteiger partial charge in [-0.3, -0.25) is 0 Å². The fourth-order valence-electron chi connectivity index (χ4n) is 2.05. The quantitative estimate of drug-likeness (QED) is 0.867. The van der Waals surface area contributed by atoms with Crippen molar-refractivity contribution in [2.24, 2.45) is 5.73 Å². The molecule has 1 aromatic heterocycles. The van der Waals surface area contributed by atoms with Crippen molar-refractivity contribution in [1.29, 1.82) is 0 Å².